The number of para-hydroxylation sites is 1. The van der Waals surface area contributed by atoms with E-state index >= 15 is 0 Å². The van der Waals surface area contributed by atoms with Crippen LogP contribution in [0.5, 0.6) is 0 Å². The lowest BCUT2D eigenvalue weighted by molar-refractivity contribution is 0.392. The van der Waals surface area contributed by atoms with Crippen molar-refractivity contribution in [2.75, 3.05) is 9.80 Å². The lowest BCUT2D eigenvalue weighted by Crippen LogP contribution is -2.28. The van der Waals surface area contributed by atoms with Crippen molar-refractivity contribution in [3.8, 4) is 0 Å². The number of benzene rings is 7. The Labute approximate surface area is 300 Å². The fourth-order valence-corrected chi connectivity index (χ4v) is 8.48. The van der Waals surface area contributed by atoms with Crippen LogP contribution < -0.4 is 9.80 Å². The second-order valence-corrected chi connectivity index (χ2v) is 14.3. The first kappa shape index (κ1) is 30.9. The zero-order chi connectivity index (χ0) is 34.5. The molecule has 2 aliphatic carbocycles. The molecular weight excluding hydrogens is 617 g/mol. The number of fused-ring (bicyclic) bond motifs is 5. The Morgan fingerprint density at radius 1 is 0.569 bits per heavy atom. The number of hydrogen-bond donors (Lipinski definition) is 0. The van der Waals surface area contributed by atoms with Crippen LogP contribution in [0.4, 0.5) is 28.4 Å². The highest BCUT2D eigenvalue weighted by atomic mass is 15.2. The van der Waals surface area contributed by atoms with Crippen LogP contribution in [0.1, 0.15) is 36.5 Å². The van der Waals surface area contributed by atoms with Crippen LogP contribution in [0.2, 0.25) is 0 Å². The first-order chi connectivity index (χ1) is 25.0. The van der Waals surface area contributed by atoms with Crippen molar-refractivity contribution >= 4 is 56.1 Å². The monoisotopic (exact) mass is 656 g/mol. The van der Waals surface area contributed by atoms with E-state index in [0.717, 1.165) is 22.6 Å². The SMILES string of the molecule is C=Cc1ccc(N(c2ccc3c(c2)C(C)(C)C2C=C(N(c4ccccc4)c4cccc5ccccc45)C=CC32)c2cccc3ccccc23)cc1. The molecule has 0 saturated heterocycles. The molecule has 2 atom stereocenters. The molecule has 0 N–H and O–H groups in total. The molecule has 246 valence electrons. The molecular formula is C49H40N2. The summed E-state index contributed by atoms with van der Waals surface area (Å²) in [5.74, 6) is 0.595. The van der Waals surface area contributed by atoms with Crippen LogP contribution in [0.25, 0.3) is 27.6 Å². The average molecular weight is 657 g/mol. The van der Waals surface area contributed by atoms with Gasteiger partial charge in [0.15, 0.2) is 0 Å². The van der Waals surface area contributed by atoms with E-state index in [-0.39, 0.29) is 5.41 Å². The van der Waals surface area contributed by atoms with E-state index < -0.39 is 0 Å². The van der Waals surface area contributed by atoms with Crippen molar-refractivity contribution in [1.29, 1.82) is 0 Å². The Morgan fingerprint density at radius 3 is 1.80 bits per heavy atom. The highest BCUT2D eigenvalue weighted by Crippen LogP contribution is 2.55. The van der Waals surface area contributed by atoms with E-state index in [0.29, 0.717) is 11.8 Å². The second-order valence-electron chi connectivity index (χ2n) is 14.3. The van der Waals surface area contributed by atoms with E-state index in [9.17, 15) is 0 Å². The van der Waals surface area contributed by atoms with Gasteiger partial charge in [0.2, 0.25) is 0 Å². The van der Waals surface area contributed by atoms with E-state index in [2.05, 4.69) is 206 Å². The molecule has 0 bridgehead atoms. The van der Waals surface area contributed by atoms with Gasteiger partial charge in [-0.15, -0.1) is 0 Å². The van der Waals surface area contributed by atoms with Crippen molar-refractivity contribution in [3.05, 3.63) is 205 Å². The summed E-state index contributed by atoms with van der Waals surface area (Å²) in [6.07, 6.45) is 9.24. The predicted molar refractivity (Wildman–Crippen MR) is 218 cm³/mol. The molecule has 51 heavy (non-hydrogen) atoms. The van der Waals surface area contributed by atoms with Crippen molar-refractivity contribution < 1.29 is 0 Å². The molecule has 0 amide bonds. The molecule has 2 unspecified atom stereocenters. The summed E-state index contributed by atoms with van der Waals surface area (Å²) in [5, 5.41) is 4.94. The second kappa shape index (κ2) is 12.3. The zero-order valence-electron chi connectivity index (χ0n) is 29.1. The number of rotatable bonds is 7. The Bertz CT molecular complexity index is 2470. The van der Waals surface area contributed by atoms with E-state index in [1.54, 1.807) is 0 Å². The number of allylic oxidation sites excluding steroid dienone is 3. The topological polar surface area (TPSA) is 6.48 Å². The van der Waals surface area contributed by atoms with Gasteiger partial charge in [-0.25, -0.2) is 0 Å². The van der Waals surface area contributed by atoms with Gasteiger partial charge in [0.1, 0.15) is 0 Å². The molecule has 0 saturated carbocycles. The summed E-state index contributed by atoms with van der Waals surface area (Å²) < 4.78 is 0. The molecule has 9 rings (SSSR count). The normalized spacial score (nSPS) is 17.1. The van der Waals surface area contributed by atoms with Crippen LogP contribution in [0, 0.1) is 5.92 Å². The third-order valence-electron chi connectivity index (χ3n) is 11.1. The quantitative estimate of drug-likeness (QED) is 0.168. The van der Waals surface area contributed by atoms with Gasteiger partial charge in [0.25, 0.3) is 0 Å². The summed E-state index contributed by atoms with van der Waals surface area (Å²) in [6.45, 7) is 8.85. The highest BCUT2D eigenvalue weighted by Gasteiger charge is 2.46. The summed E-state index contributed by atoms with van der Waals surface area (Å²) in [6, 6.07) is 57.3. The molecule has 0 heterocycles. The fraction of sp³-hybridized carbons (Fsp3) is 0.102. The molecule has 0 fully saturated rings. The lowest BCUT2D eigenvalue weighted by atomic mass is 9.74. The third-order valence-corrected chi connectivity index (χ3v) is 11.1. The van der Waals surface area contributed by atoms with Crippen LogP contribution >= 0.6 is 0 Å². The Balaban J connectivity index is 1.16. The lowest BCUT2D eigenvalue weighted by Gasteiger charge is -2.35. The maximum Gasteiger partial charge on any atom is 0.0540 e. The molecule has 2 aliphatic rings. The third kappa shape index (κ3) is 5.18. The summed E-state index contributed by atoms with van der Waals surface area (Å²) >= 11 is 0. The molecule has 7 aromatic rings. The van der Waals surface area contributed by atoms with Crippen molar-refractivity contribution in [2.24, 2.45) is 5.92 Å². The molecule has 0 spiro atoms. The van der Waals surface area contributed by atoms with Crippen molar-refractivity contribution in [2.45, 2.75) is 25.2 Å². The Kier molecular flexibility index (Phi) is 7.47. The number of hydrogen-bond acceptors (Lipinski definition) is 2. The van der Waals surface area contributed by atoms with Gasteiger partial charge in [-0.1, -0.05) is 148 Å². The van der Waals surface area contributed by atoms with Gasteiger partial charge in [-0.2, -0.15) is 0 Å². The van der Waals surface area contributed by atoms with Gasteiger partial charge >= 0.3 is 0 Å². The van der Waals surface area contributed by atoms with Gasteiger partial charge in [0, 0.05) is 39.4 Å². The largest absolute Gasteiger partial charge is 0.310 e. The standard InChI is InChI=1S/C49H40N2/c1-4-34-24-26-38(27-25-34)51(48-23-13-17-36-15-9-11-21-42(36)48)40-29-31-44-43-30-28-39(32-45(43)49(2,3)46(44)33-40)50(37-18-6-5-7-19-37)47-22-12-16-35-14-8-10-20-41(35)47/h4-33,43,45H,1H2,2-3H3. The molecule has 7 aromatic carbocycles. The van der Waals surface area contributed by atoms with Gasteiger partial charge in [-0.05, 0) is 93.4 Å². The smallest absolute Gasteiger partial charge is 0.0540 e. The van der Waals surface area contributed by atoms with E-state index in [1.165, 1.54) is 49.7 Å². The zero-order valence-corrected chi connectivity index (χ0v) is 29.1. The van der Waals surface area contributed by atoms with E-state index in [4.69, 9.17) is 0 Å². The minimum atomic E-state index is -0.107. The van der Waals surface area contributed by atoms with Crippen LogP contribution in [-0.2, 0) is 5.41 Å². The Morgan fingerprint density at radius 2 is 1.14 bits per heavy atom. The number of nitrogens with zero attached hydrogens (tertiary/aromatic N) is 2. The van der Waals surface area contributed by atoms with Gasteiger partial charge in [-0.3, -0.25) is 0 Å². The molecule has 2 heteroatoms. The summed E-state index contributed by atoms with van der Waals surface area (Å²) in [5.41, 5.74) is 10.8. The first-order valence-corrected chi connectivity index (χ1v) is 17.9. The van der Waals surface area contributed by atoms with Crippen molar-refractivity contribution in [3.63, 3.8) is 0 Å². The van der Waals surface area contributed by atoms with Crippen LogP contribution in [-0.4, -0.2) is 0 Å². The predicted octanol–water partition coefficient (Wildman–Crippen LogP) is 13.4. The highest BCUT2D eigenvalue weighted by molar-refractivity contribution is 5.99. The van der Waals surface area contributed by atoms with E-state index in [1.807, 2.05) is 6.08 Å². The molecule has 0 aromatic heterocycles. The maximum atomic E-state index is 3.99. The minimum absolute atomic E-state index is 0.107. The van der Waals surface area contributed by atoms with Crippen molar-refractivity contribution in [1.82, 2.24) is 0 Å². The number of anilines is 5. The summed E-state index contributed by atoms with van der Waals surface area (Å²) in [4.78, 5) is 4.86. The van der Waals surface area contributed by atoms with Gasteiger partial charge in [0.05, 0.1) is 11.4 Å². The molecule has 0 aliphatic heterocycles. The fourth-order valence-electron chi connectivity index (χ4n) is 8.48. The summed E-state index contributed by atoms with van der Waals surface area (Å²) in [7, 11) is 0. The maximum absolute atomic E-state index is 3.99. The Hall–Kier alpha value is -6.12. The first-order valence-electron chi connectivity index (χ1n) is 17.9. The molecule has 0 radical (unpaired) electrons. The minimum Gasteiger partial charge on any atom is -0.310 e. The van der Waals surface area contributed by atoms with Crippen LogP contribution in [0.3, 0.4) is 0 Å². The molecule has 2 nitrogen and oxygen atoms in total. The van der Waals surface area contributed by atoms with Gasteiger partial charge < -0.3 is 9.80 Å². The van der Waals surface area contributed by atoms with Crippen LogP contribution in [0.15, 0.2) is 188 Å². The average Bonchev–Trinajstić information content (AvgIpc) is 3.41.